The Bertz CT molecular complexity index is 448. The van der Waals surface area contributed by atoms with E-state index in [-0.39, 0.29) is 18.2 Å². The first-order valence-corrected chi connectivity index (χ1v) is 6.78. The summed E-state index contributed by atoms with van der Waals surface area (Å²) in [6.07, 6.45) is 0.631. The van der Waals surface area contributed by atoms with Gasteiger partial charge in [0, 0.05) is 0 Å². The number of carbonyl (C=O) groups excluding carboxylic acids is 1. The number of nitrogens with two attached hydrogens (primary N) is 1. The van der Waals surface area contributed by atoms with Crippen LogP contribution in [0.1, 0.15) is 38.3 Å². The second-order valence-electron chi connectivity index (χ2n) is 4.98. The van der Waals surface area contributed by atoms with E-state index in [1.54, 1.807) is 12.1 Å². The lowest BCUT2D eigenvalue weighted by Crippen LogP contribution is -2.46. The summed E-state index contributed by atoms with van der Waals surface area (Å²) in [5.41, 5.74) is 6.63. The van der Waals surface area contributed by atoms with Gasteiger partial charge in [-0.15, -0.1) is 0 Å². The van der Waals surface area contributed by atoms with E-state index in [1.165, 1.54) is 0 Å². The van der Waals surface area contributed by atoms with E-state index in [4.69, 9.17) is 10.8 Å². The number of carboxylic acid groups (broad SMARTS) is 1. The minimum absolute atomic E-state index is 0.0521. The molecule has 0 radical (unpaired) electrons. The summed E-state index contributed by atoms with van der Waals surface area (Å²) < 4.78 is 0. The van der Waals surface area contributed by atoms with Gasteiger partial charge < -0.3 is 16.2 Å². The number of hydrogen-bond donors (Lipinski definition) is 3. The molecule has 4 N–H and O–H groups in total. The fraction of sp³-hybridized carbons (Fsp3) is 0.467. The summed E-state index contributed by atoms with van der Waals surface area (Å²) in [5, 5.41) is 11.7. The van der Waals surface area contributed by atoms with E-state index in [1.807, 2.05) is 32.0 Å². The molecule has 1 aromatic carbocycles. The zero-order valence-electron chi connectivity index (χ0n) is 11.9. The molecule has 0 aliphatic heterocycles. The van der Waals surface area contributed by atoms with E-state index in [0.717, 1.165) is 12.0 Å². The third-order valence-electron chi connectivity index (χ3n) is 3.46. The quantitative estimate of drug-likeness (QED) is 0.707. The summed E-state index contributed by atoms with van der Waals surface area (Å²) in [6.45, 7) is 3.86. The molecule has 0 bridgehead atoms. The van der Waals surface area contributed by atoms with Crippen molar-refractivity contribution >= 4 is 11.9 Å². The third-order valence-corrected chi connectivity index (χ3v) is 3.46. The molecule has 2 unspecified atom stereocenters. The van der Waals surface area contributed by atoms with Gasteiger partial charge in [-0.1, -0.05) is 50.6 Å². The van der Waals surface area contributed by atoms with Gasteiger partial charge in [-0.05, 0) is 11.5 Å². The van der Waals surface area contributed by atoms with Crippen LogP contribution < -0.4 is 11.1 Å². The van der Waals surface area contributed by atoms with Gasteiger partial charge in [-0.3, -0.25) is 9.59 Å². The first-order chi connectivity index (χ1) is 9.45. The summed E-state index contributed by atoms with van der Waals surface area (Å²) in [7, 11) is 0. The van der Waals surface area contributed by atoms with Crippen molar-refractivity contribution in [3.8, 4) is 0 Å². The topological polar surface area (TPSA) is 92.4 Å². The minimum Gasteiger partial charge on any atom is -0.481 e. The highest BCUT2D eigenvalue weighted by molar-refractivity contribution is 5.82. The zero-order valence-corrected chi connectivity index (χ0v) is 11.9. The molecular weight excluding hydrogens is 256 g/mol. The Labute approximate surface area is 119 Å². The third kappa shape index (κ3) is 4.66. The molecule has 1 rings (SSSR count). The molecule has 1 aromatic rings. The predicted molar refractivity (Wildman–Crippen MR) is 77.0 cm³/mol. The SMILES string of the molecule is CCC(C)[C@H](N)C(=O)NC(CC(=O)O)c1ccccc1. The number of hydrogen-bond acceptors (Lipinski definition) is 3. The van der Waals surface area contributed by atoms with Gasteiger partial charge in [-0.2, -0.15) is 0 Å². The van der Waals surface area contributed by atoms with Gasteiger partial charge in [0.2, 0.25) is 5.91 Å². The van der Waals surface area contributed by atoms with Crippen molar-refractivity contribution < 1.29 is 14.7 Å². The highest BCUT2D eigenvalue weighted by atomic mass is 16.4. The van der Waals surface area contributed by atoms with Crippen LogP contribution in [-0.4, -0.2) is 23.0 Å². The molecule has 1 amide bonds. The Morgan fingerprint density at radius 3 is 2.40 bits per heavy atom. The normalized spacial score (nSPS) is 15.2. The Morgan fingerprint density at radius 1 is 1.30 bits per heavy atom. The van der Waals surface area contributed by atoms with E-state index in [0.29, 0.717) is 0 Å². The Kier molecular flexibility index (Phi) is 6.18. The molecule has 0 fully saturated rings. The van der Waals surface area contributed by atoms with Crippen molar-refractivity contribution in [2.24, 2.45) is 11.7 Å². The summed E-state index contributed by atoms with van der Waals surface area (Å²) in [6, 6.07) is 7.87. The first-order valence-electron chi connectivity index (χ1n) is 6.78. The number of aliphatic carboxylic acids is 1. The number of benzene rings is 1. The molecule has 20 heavy (non-hydrogen) atoms. The average Bonchev–Trinajstić information content (AvgIpc) is 2.45. The Balaban J connectivity index is 2.80. The predicted octanol–water partition coefficient (Wildman–Crippen LogP) is 1.69. The lowest BCUT2D eigenvalue weighted by molar-refractivity contribution is -0.137. The van der Waals surface area contributed by atoms with Gasteiger partial charge >= 0.3 is 5.97 Å². The van der Waals surface area contributed by atoms with Gasteiger partial charge in [0.1, 0.15) is 0 Å². The fourth-order valence-electron chi connectivity index (χ4n) is 1.89. The number of rotatable bonds is 7. The molecule has 0 spiro atoms. The van der Waals surface area contributed by atoms with Crippen LogP contribution in [0.5, 0.6) is 0 Å². The van der Waals surface area contributed by atoms with E-state index >= 15 is 0 Å². The van der Waals surface area contributed by atoms with Crippen LogP contribution in [0.4, 0.5) is 0 Å². The molecule has 110 valence electrons. The summed E-state index contributed by atoms with van der Waals surface area (Å²) in [5.74, 6) is -1.22. The van der Waals surface area contributed by atoms with Gasteiger partial charge in [0.15, 0.2) is 0 Å². The van der Waals surface area contributed by atoms with Gasteiger partial charge in [0.25, 0.3) is 0 Å². The van der Waals surface area contributed by atoms with E-state index in [9.17, 15) is 9.59 Å². The molecule has 0 saturated carbocycles. The molecule has 0 aliphatic carbocycles. The summed E-state index contributed by atoms with van der Waals surface area (Å²) >= 11 is 0. The highest BCUT2D eigenvalue weighted by Crippen LogP contribution is 2.17. The van der Waals surface area contributed by atoms with Crippen LogP contribution in [0.25, 0.3) is 0 Å². The van der Waals surface area contributed by atoms with Crippen molar-refractivity contribution in [3.63, 3.8) is 0 Å². The second-order valence-corrected chi connectivity index (χ2v) is 4.98. The minimum atomic E-state index is -0.962. The van der Waals surface area contributed by atoms with Crippen molar-refractivity contribution in [2.75, 3.05) is 0 Å². The van der Waals surface area contributed by atoms with Gasteiger partial charge in [-0.25, -0.2) is 0 Å². The Hall–Kier alpha value is -1.88. The van der Waals surface area contributed by atoms with E-state index < -0.39 is 18.1 Å². The molecule has 3 atom stereocenters. The maximum atomic E-state index is 12.1. The number of nitrogens with one attached hydrogen (secondary N) is 1. The smallest absolute Gasteiger partial charge is 0.305 e. The molecule has 0 aliphatic rings. The maximum Gasteiger partial charge on any atom is 0.305 e. The van der Waals surface area contributed by atoms with E-state index in [2.05, 4.69) is 5.32 Å². The van der Waals surface area contributed by atoms with Crippen LogP contribution in [0.15, 0.2) is 30.3 Å². The lowest BCUT2D eigenvalue weighted by Gasteiger charge is -2.22. The zero-order chi connectivity index (χ0) is 15.1. The highest BCUT2D eigenvalue weighted by Gasteiger charge is 2.24. The molecule has 0 aromatic heterocycles. The monoisotopic (exact) mass is 278 g/mol. The maximum absolute atomic E-state index is 12.1. The van der Waals surface area contributed by atoms with Gasteiger partial charge in [0.05, 0.1) is 18.5 Å². The molecule has 5 nitrogen and oxygen atoms in total. The number of carbonyl (C=O) groups is 2. The van der Waals surface area contributed by atoms with Crippen LogP contribution in [-0.2, 0) is 9.59 Å². The first kappa shape index (κ1) is 16.2. The van der Waals surface area contributed by atoms with Crippen molar-refractivity contribution in [2.45, 2.75) is 38.8 Å². The lowest BCUT2D eigenvalue weighted by atomic mass is 9.97. The van der Waals surface area contributed by atoms with Crippen molar-refractivity contribution in [1.29, 1.82) is 0 Å². The van der Waals surface area contributed by atoms with Crippen LogP contribution in [0.3, 0.4) is 0 Å². The molecule has 5 heteroatoms. The molecule has 0 saturated heterocycles. The summed E-state index contributed by atoms with van der Waals surface area (Å²) in [4.78, 5) is 23.0. The fourth-order valence-corrected chi connectivity index (χ4v) is 1.89. The van der Waals surface area contributed by atoms with Crippen molar-refractivity contribution in [3.05, 3.63) is 35.9 Å². The van der Waals surface area contributed by atoms with Crippen LogP contribution >= 0.6 is 0 Å². The molecule has 0 heterocycles. The Morgan fingerprint density at radius 2 is 1.90 bits per heavy atom. The standard InChI is InChI=1S/C15H22N2O3/c1-3-10(2)14(16)15(20)17-12(9-13(18)19)11-7-5-4-6-8-11/h4-8,10,12,14H,3,9,16H2,1-2H3,(H,17,20)(H,18,19)/t10?,12?,14-/m0/s1. The van der Waals surface area contributed by atoms with Crippen LogP contribution in [0, 0.1) is 5.92 Å². The number of carboxylic acids is 1. The number of amides is 1. The molecular formula is C15H22N2O3. The van der Waals surface area contributed by atoms with Crippen molar-refractivity contribution in [1.82, 2.24) is 5.32 Å². The largest absolute Gasteiger partial charge is 0.481 e. The average molecular weight is 278 g/mol. The second kappa shape index (κ2) is 7.65. The van der Waals surface area contributed by atoms with Crippen LogP contribution in [0.2, 0.25) is 0 Å².